The van der Waals surface area contributed by atoms with Crippen LogP contribution in [0.5, 0.6) is 0 Å². The normalized spacial score (nSPS) is 20.9. The SMILES string of the molecule is CC(=O)N1CC(c2cc(Cc3cc(C4CC4)ccn3)nc(N3CC(F)(F)C3)n2)C1. The highest BCUT2D eigenvalue weighted by molar-refractivity contribution is 5.74. The van der Waals surface area contributed by atoms with Gasteiger partial charge in [-0.15, -0.1) is 0 Å². The van der Waals surface area contributed by atoms with Crippen molar-refractivity contribution in [3.8, 4) is 0 Å². The van der Waals surface area contributed by atoms with Crippen molar-refractivity contribution < 1.29 is 13.6 Å². The predicted octanol–water partition coefficient (Wildman–Crippen LogP) is 2.74. The summed E-state index contributed by atoms with van der Waals surface area (Å²) < 4.78 is 26.7. The number of alkyl halides is 2. The maximum absolute atomic E-state index is 13.4. The zero-order valence-electron chi connectivity index (χ0n) is 16.3. The van der Waals surface area contributed by atoms with Gasteiger partial charge in [0, 0.05) is 44.2 Å². The molecule has 0 unspecified atom stereocenters. The van der Waals surface area contributed by atoms with Gasteiger partial charge in [0.15, 0.2) is 0 Å². The maximum Gasteiger partial charge on any atom is 0.282 e. The molecule has 0 radical (unpaired) electrons. The van der Waals surface area contributed by atoms with E-state index in [-0.39, 0.29) is 24.9 Å². The van der Waals surface area contributed by atoms with E-state index in [4.69, 9.17) is 0 Å². The predicted molar refractivity (Wildman–Crippen MR) is 103 cm³/mol. The van der Waals surface area contributed by atoms with Crippen LogP contribution in [0.3, 0.4) is 0 Å². The van der Waals surface area contributed by atoms with Crippen molar-refractivity contribution in [3.05, 3.63) is 47.0 Å². The number of aromatic nitrogens is 3. The van der Waals surface area contributed by atoms with E-state index in [0.29, 0.717) is 31.4 Å². The van der Waals surface area contributed by atoms with Crippen molar-refractivity contribution in [2.75, 3.05) is 31.1 Å². The summed E-state index contributed by atoms with van der Waals surface area (Å²) in [4.78, 5) is 28.4. The van der Waals surface area contributed by atoms with E-state index in [1.54, 1.807) is 11.8 Å². The van der Waals surface area contributed by atoms with E-state index in [1.165, 1.54) is 23.3 Å². The van der Waals surface area contributed by atoms with Crippen LogP contribution in [0.2, 0.25) is 0 Å². The van der Waals surface area contributed by atoms with Gasteiger partial charge < -0.3 is 9.80 Å². The van der Waals surface area contributed by atoms with Gasteiger partial charge in [-0.05, 0) is 42.5 Å². The minimum absolute atomic E-state index is 0.0410. The van der Waals surface area contributed by atoms with Gasteiger partial charge in [-0.25, -0.2) is 18.7 Å². The number of hydrogen-bond donors (Lipinski definition) is 0. The second-order valence-electron chi connectivity index (χ2n) is 8.45. The van der Waals surface area contributed by atoms with Gasteiger partial charge in [0.25, 0.3) is 5.92 Å². The van der Waals surface area contributed by atoms with E-state index in [2.05, 4.69) is 27.1 Å². The van der Waals surface area contributed by atoms with Crippen LogP contribution >= 0.6 is 0 Å². The van der Waals surface area contributed by atoms with Crippen LogP contribution in [-0.4, -0.2) is 57.9 Å². The summed E-state index contributed by atoms with van der Waals surface area (Å²) >= 11 is 0. The Bertz CT molecular complexity index is 948. The average Bonchev–Trinajstić information content (AvgIpc) is 3.43. The molecular weight excluding hydrogens is 376 g/mol. The molecular formula is C21H23F2N5O. The zero-order chi connectivity index (χ0) is 20.2. The van der Waals surface area contributed by atoms with Crippen LogP contribution in [0.25, 0.3) is 0 Å². The van der Waals surface area contributed by atoms with Gasteiger partial charge in [-0.3, -0.25) is 9.78 Å². The first-order valence-electron chi connectivity index (χ1n) is 10.1. The Labute approximate surface area is 168 Å². The molecule has 8 heteroatoms. The summed E-state index contributed by atoms with van der Waals surface area (Å²) in [6.07, 6.45) is 4.82. The average molecular weight is 399 g/mol. The molecule has 3 aliphatic rings. The lowest BCUT2D eigenvalue weighted by atomic mass is 9.95. The second-order valence-corrected chi connectivity index (χ2v) is 8.45. The summed E-state index contributed by atoms with van der Waals surface area (Å²) in [5.41, 5.74) is 3.83. The van der Waals surface area contributed by atoms with Crippen LogP contribution in [0.15, 0.2) is 24.4 Å². The molecule has 3 fully saturated rings. The number of hydrogen-bond acceptors (Lipinski definition) is 5. The van der Waals surface area contributed by atoms with Crippen LogP contribution in [0.1, 0.15) is 54.2 Å². The smallest absolute Gasteiger partial charge is 0.282 e. The molecule has 2 aromatic rings. The molecule has 2 aromatic heterocycles. The van der Waals surface area contributed by atoms with E-state index >= 15 is 0 Å². The molecule has 4 heterocycles. The highest BCUT2D eigenvalue weighted by Crippen LogP contribution is 2.40. The zero-order valence-corrected chi connectivity index (χ0v) is 16.3. The Kier molecular flexibility index (Phi) is 4.26. The summed E-state index contributed by atoms with van der Waals surface area (Å²) in [6, 6.07) is 6.12. The largest absolute Gasteiger partial charge is 0.341 e. The summed E-state index contributed by atoms with van der Waals surface area (Å²) in [6.45, 7) is 2.06. The molecule has 1 saturated carbocycles. The molecule has 0 atom stereocenters. The molecule has 29 heavy (non-hydrogen) atoms. The molecule has 6 nitrogen and oxygen atoms in total. The minimum atomic E-state index is -2.68. The first-order chi connectivity index (χ1) is 13.9. The number of anilines is 1. The lowest BCUT2D eigenvalue weighted by Gasteiger charge is -2.40. The van der Waals surface area contributed by atoms with Crippen molar-refractivity contribution in [2.45, 2.75) is 43.9 Å². The van der Waals surface area contributed by atoms with Crippen LogP contribution in [-0.2, 0) is 11.2 Å². The molecule has 0 aromatic carbocycles. The molecule has 2 aliphatic heterocycles. The van der Waals surface area contributed by atoms with Crippen molar-refractivity contribution in [3.63, 3.8) is 0 Å². The third-order valence-electron chi connectivity index (χ3n) is 5.91. The summed E-state index contributed by atoms with van der Waals surface area (Å²) in [7, 11) is 0. The van der Waals surface area contributed by atoms with E-state index < -0.39 is 5.92 Å². The first kappa shape index (κ1) is 18.4. The number of carbonyl (C=O) groups excluding carboxylic acids is 1. The molecule has 0 N–H and O–H groups in total. The van der Waals surface area contributed by atoms with Crippen molar-refractivity contribution in [1.29, 1.82) is 0 Å². The van der Waals surface area contributed by atoms with Crippen molar-refractivity contribution in [1.82, 2.24) is 19.9 Å². The molecule has 1 amide bonds. The number of carbonyl (C=O) groups is 1. The first-order valence-corrected chi connectivity index (χ1v) is 10.1. The van der Waals surface area contributed by atoms with Gasteiger partial charge in [-0.1, -0.05) is 0 Å². The number of amides is 1. The summed E-state index contributed by atoms with van der Waals surface area (Å²) in [5.74, 6) is -1.53. The molecule has 2 saturated heterocycles. The Morgan fingerprint density at radius 1 is 1.14 bits per heavy atom. The van der Waals surface area contributed by atoms with Gasteiger partial charge in [0.2, 0.25) is 11.9 Å². The van der Waals surface area contributed by atoms with Crippen molar-refractivity contribution >= 4 is 11.9 Å². The van der Waals surface area contributed by atoms with Gasteiger partial charge in [-0.2, -0.15) is 0 Å². The number of nitrogens with zero attached hydrogens (tertiary/aromatic N) is 5. The Morgan fingerprint density at radius 3 is 2.55 bits per heavy atom. The standard InChI is InChI=1S/C21H23F2N5O/c1-13(29)27-9-16(10-27)19-8-18(25-20(26-19)28-11-21(22,23)12-28)7-17-6-15(4-5-24-17)14-2-3-14/h4-6,8,14,16H,2-3,7,9-12H2,1H3. The minimum Gasteiger partial charge on any atom is -0.341 e. The number of rotatable bonds is 5. The number of halogens is 2. The maximum atomic E-state index is 13.4. The van der Waals surface area contributed by atoms with Crippen molar-refractivity contribution in [2.24, 2.45) is 0 Å². The lowest BCUT2D eigenvalue weighted by Crippen LogP contribution is -2.57. The quantitative estimate of drug-likeness (QED) is 0.774. The van der Waals surface area contributed by atoms with Gasteiger partial charge in [0.05, 0.1) is 24.5 Å². The monoisotopic (exact) mass is 399 g/mol. The highest BCUT2D eigenvalue weighted by atomic mass is 19.3. The molecule has 152 valence electrons. The van der Waals surface area contributed by atoms with Crippen LogP contribution < -0.4 is 4.90 Å². The second kappa shape index (κ2) is 6.71. The lowest BCUT2D eigenvalue weighted by molar-refractivity contribution is -0.133. The van der Waals surface area contributed by atoms with Gasteiger partial charge in [0.1, 0.15) is 0 Å². The Balaban J connectivity index is 1.40. The third-order valence-corrected chi connectivity index (χ3v) is 5.91. The van der Waals surface area contributed by atoms with E-state index in [1.807, 2.05) is 12.3 Å². The fourth-order valence-corrected chi connectivity index (χ4v) is 3.97. The summed E-state index contributed by atoms with van der Waals surface area (Å²) in [5, 5.41) is 0. The third kappa shape index (κ3) is 3.80. The fraction of sp³-hybridized carbons (Fsp3) is 0.524. The van der Waals surface area contributed by atoms with Crippen LogP contribution in [0, 0.1) is 0 Å². The molecule has 0 bridgehead atoms. The number of likely N-dealkylation sites (tertiary alicyclic amines) is 1. The number of pyridine rings is 1. The highest BCUT2D eigenvalue weighted by Gasteiger charge is 2.45. The van der Waals surface area contributed by atoms with E-state index in [9.17, 15) is 13.6 Å². The molecule has 5 rings (SSSR count). The van der Waals surface area contributed by atoms with Crippen LogP contribution in [0.4, 0.5) is 14.7 Å². The fourth-order valence-electron chi connectivity index (χ4n) is 3.97. The van der Waals surface area contributed by atoms with Gasteiger partial charge >= 0.3 is 0 Å². The Hall–Kier alpha value is -2.64. The van der Waals surface area contributed by atoms with E-state index in [0.717, 1.165) is 17.1 Å². The topological polar surface area (TPSA) is 62.2 Å². The Morgan fingerprint density at radius 2 is 1.90 bits per heavy atom. The molecule has 0 spiro atoms. The molecule has 1 aliphatic carbocycles.